The van der Waals surface area contributed by atoms with Crippen LogP contribution in [0.25, 0.3) is 44.5 Å². The molecule has 4 N–H and O–H groups in total. The number of hydrogen-bond acceptors (Lipinski definition) is 4. The molecule has 0 amide bonds. The van der Waals surface area contributed by atoms with Crippen LogP contribution in [0.2, 0.25) is 0 Å². The first-order valence-corrected chi connectivity index (χ1v) is 15.2. The molecule has 242 valence electrons. The maximum atomic E-state index is 13.2. The Morgan fingerprint density at radius 3 is 1.22 bits per heavy atom. The largest absolute Gasteiger partial charge is 0.416 e. The number of nitrogens with two attached hydrogens (primary N) is 2. The minimum atomic E-state index is -4.47. The van der Waals surface area contributed by atoms with Crippen molar-refractivity contribution in [3.05, 3.63) is 141 Å². The van der Waals surface area contributed by atoms with E-state index in [9.17, 15) is 36.9 Å². The van der Waals surface area contributed by atoms with Crippen molar-refractivity contribution in [1.82, 2.24) is 0 Å². The van der Waals surface area contributed by atoms with E-state index in [1.807, 2.05) is 31.2 Å². The highest BCUT2D eigenvalue weighted by Gasteiger charge is 2.47. The first kappa shape index (κ1) is 31.6. The van der Waals surface area contributed by atoms with Gasteiger partial charge in [0.1, 0.15) is 23.5 Å². The van der Waals surface area contributed by atoms with E-state index in [-0.39, 0.29) is 17.3 Å². The number of rotatable bonds is 3. The number of hydrogen-bond donors (Lipinski definition) is 2. The van der Waals surface area contributed by atoms with E-state index in [2.05, 4.69) is 12.1 Å². The van der Waals surface area contributed by atoms with E-state index in [1.165, 1.54) is 24.3 Å². The van der Waals surface area contributed by atoms with E-state index < -0.39 is 23.5 Å². The Morgan fingerprint density at radius 2 is 0.918 bits per heavy atom. The summed E-state index contributed by atoms with van der Waals surface area (Å²) in [4.78, 5) is 0. The Balaban J connectivity index is 1.40. The minimum Gasteiger partial charge on any atom is -0.390 e. The second kappa shape index (κ2) is 11.0. The molecule has 0 aromatic heterocycles. The van der Waals surface area contributed by atoms with E-state index in [0.717, 1.165) is 57.7 Å². The number of allylic oxidation sites excluding steroid dienone is 8. The van der Waals surface area contributed by atoms with Gasteiger partial charge in [0.2, 0.25) is 0 Å². The fraction of sp³-hybridized carbons (Fsp3) is 0.128. The van der Waals surface area contributed by atoms with Gasteiger partial charge in [-0.3, -0.25) is 0 Å². The molecule has 0 saturated heterocycles. The predicted octanol–water partition coefficient (Wildman–Crippen LogP) is 9.72. The van der Waals surface area contributed by atoms with Gasteiger partial charge in [0.25, 0.3) is 0 Å². The molecule has 10 heteroatoms. The van der Waals surface area contributed by atoms with Crippen LogP contribution >= 0.6 is 0 Å². The molecule has 0 aliphatic heterocycles. The summed E-state index contributed by atoms with van der Waals surface area (Å²) in [6.07, 6.45) is -8.39. The van der Waals surface area contributed by atoms with Crippen molar-refractivity contribution in [1.29, 1.82) is 10.5 Å². The Labute approximate surface area is 277 Å². The van der Waals surface area contributed by atoms with Crippen molar-refractivity contribution in [2.24, 2.45) is 17.4 Å². The molecule has 7 rings (SSSR count). The number of benzene rings is 4. The lowest BCUT2D eigenvalue weighted by Crippen LogP contribution is -2.11. The Bertz CT molecular complexity index is 2140. The fourth-order valence-electron chi connectivity index (χ4n) is 7.31. The highest BCUT2D eigenvalue weighted by atomic mass is 19.4. The monoisotopic (exact) mass is 662 g/mol. The van der Waals surface area contributed by atoms with Crippen LogP contribution in [0.1, 0.15) is 46.7 Å². The molecule has 0 saturated carbocycles. The highest BCUT2D eigenvalue weighted by molar-refractivity contribution is 6.27. The zero-order valence-corrected chi connectivity index (χ0v) is 25.7. The molecule has 0 bridgehead atoms. The van der Waals surface area contributed by atoms with Crippen LogP contribution in [0.3, 0.4) is 0 Å². The molecule has 4 aromatic carbocycles. The molecule has 49 heavy (non-hydrogen) atoms. The van der Waals surface area contributed by atoms with Gasteiger partial charge in [0, 0.05) is 17.1 Å². The first-order chi connectivity index (χ1) is 23.3. The number of alkyl halides is 6. The molecule has 0 heterocycles. The van der Waals surface area contributed by atoms with Crippen LogP contribution in [-0.2, 0) is 12.4 Å². The van der Waals surface area contributed by atoms with Crippen molar-refractivity contribution in [2.45, 2.75) is 25.7 Å². The molecule has 0 fully saturated rings. The standard InChI is InChI=1S/C39H24F6N4/c1-2-25-34-32(30(48)17-46)28-15-21(19-3-9-23(10-4-19)38(40,41)42)7-13-26(28)36(34)37-27-14-8-22(16-29(27)33(35(25)37)31(49)18-47)20-5-11-24(12-6-20)39(43,44)45/h3-16,25H,2,48-49H2,1H3/b32-30-,33-31-. The molecule has 3 aliphatic carbocycles. The van der Waals surface area contributed by atoms with Crippen molar-refractivity contribution < 1.29 is 26.3 Å². The number of halogens is 6. The van der Waals surface area contributed by atoms with Crippen molar-refractivity contribution in [2.75, 3.05) is 0 Å². The summed E-state index contributed by atoms with van der Waals surface area (Å²) >= 11 is 0. The third kappa shape index (κ3) is 4.83. The summed E-state index contributed by atoms with van der Waals surface area (Å²) in [6, 6.07) is 24.8. The van der Waals surface area contributed by atoms with Gasteiger partial charge in [-0.05, 0) is 110 Å². The SMILES string of the molecule is CCC1C2=C(C3=C1/C(=C(\N)C#N)c1cc(-c4ccc(C(F)(F)F)cc4)ccc13)c1ccc(-c3ccc(C(F)(F)F)cc3)cc1/C2=C(/N)C#N. The Morgan fingerprint density at radius 1 is 0.571 bits per heavy atom. The molecule has 0 atom stereocenters. The number of nitrogens with zero attached hydrogens (tertiary/aromatic N) is 2. The number of fused-ring (bicyclic) bond motifs is 5. The molecule has 0 spiro atoms. The third-order valence-electron chi connectivity index (χ3n) is 9.42. The molecule has 3 aliphatic rings. The summed E-state index contributed by atoms with van der Waals surface area (Å²) in [6.45, 7) is 1.97. The van der Waals surface area contributed by atoms with Gasteiger partial charge in [0.15, 0.2) is 0 Å². The lowest BCUT2D eigenvalue weighted by atomic mass is 9.82. The maximum Gasteiger partial charge on any atom is 0.416 e. The zero-order chi connectivity index (χ0) is 35.0. The summed E-state index contributed by atoms with van der Waals surface area (Å²) in [5.41, 5.74) is 20.8. The highest BCUT2D eigenvalue weighted by Crippen LogP contribution is 2.65. The van der Waals surface area contributed by atoms with Gasteiger partial charge >= 0.3 is 12.4 Å². The second-order valence-electron chi connectivity index (χ2n) is 12.0. The second-order valence-corrected chi connectivity index (χ2v) is 12.0. The number of nitriles is 2. The predicted molar refractivity (Wildman–Crippen MR) is 175 cm³/mol. The Kier molecular flexibility index (Phi) is 7.11. The topological polar surface area (TPSA) is 99.6 Å². The van der Waals surface area contributed by atoms with E-state index in [4.69, 9.17) is 11.5 Å². The molecular formula is C39H24F6N4. The minimum absolute atomic E-state index is 0.0212. The summed E-state index contributed by atoms with van der Waals surface area (Å²) in [5.74, 6) is -0.322. The summed E-state index contributed by atoms with van der Waals surface area (Å²) in [7, 11) is 0. The normalized spacial score (nSPS) is 18.4. The quantitative estimate of drug-likeness (QED) is 0.169. The van der Waals surface area contributed by atoms with E-state index in [1.54, 1.807) is 12.1 Å². The van der Waals surface area contributed by atoms with Gasteiger partial charge in [-0.2, -0.15) is 36.9 Å². The average molecular weight is 663 g/mol. The van der Waals surface area contributed by atoms with Gasteiger partial charge in [-0.1, -0.05) is 55.5 Å². The van der Waals surface area contributed by atoms with Crippen LogP contribution in [-0.4, -0.2) is 0 Å². The van der Waals surface area contributed by atoms with Gasteiger partial charge in [0.05, 0.1) is 11.1 Å². The van der Waals surface area contributed by atoms with Crippen LogP contribution in [0, 0.1) is 28.6 Å². The van der Waals surface area contributed by atoms with Gasteiger partial charge < -0.3 is 11.5 Å². The average Bonchev–Trinajstić information content (AvgIpc) is 3.70. The Hall–Kier alpha value is -6.00. The smallest absolute Gasteiger partial charge is 0.390 e. The van der Waals surface area contributed by atoms with E-state index in [0.29, 0.717) is 50.9 Å². The maximum absolute atomic E-state index is 13.2. The molecular weight excluding hydrogens is 638 g/mol. The summed E-state index contributed by atoms with van der Waals surface area (Å²) in [5, 5.41) is 20.0. The summed E-state index contributed by atoms with van der Waals surface area (Å²) < 4.78 is 79.4. The lowest BCUT2D eigenvalue weighted by molar-refractivity contribution is -0.138. The van der Waals surface area contributed by atoms with Crippen molar-refractivity contribution in [3.63, 3.8) is 0 Å². The molecule has 0 unspecified atom stereocenters. The lowest BCUT2D eigenvalue weighted by Gasteiger charge is -2.21. The first-order valence-electron chi connectivity index (χ1n) is 15.2. The molecule has 4 aromatic rings. The van der Waals surface area contributed by atoms with Gasteiger partial charge in [-0.25, -0.2) is 0 Å². The fourth-order valence-corrected chi connectivity index (χ4v) is 7.31. The van der Waals surface area contributed by atoms with Crippen LogP contribution in [0.5, 0.6) is 0 Å². The molecule has 0 radical (unpaired) electrons. The third-order valence-corrected chi connectivity index (χ3v) is 9.42. The van der Waals surface area contributed by atoms with E-state index >= 15 is 0 Å². The van der Waals surface area contributed by atoms with Crippen LogP contribution in [0.4, 0.5) is 26.3 Å². The van der Waals surface area contributed by atoms with Crippen LogP contribution < -0.4 is 11.5 Å². The zero-order valence-electron chi connectivity index (χ0n) is 25.7. The van der Waals surface area contributed by atoms with Crippen molar-refractivity contribution in [3.8, 4) is 34.4 Å². The van der Waals surface area contributed by atoms with Crippen molar-refractivity contribution >= 4 is 22.3 Å². The van der Waals surface area contributed by atoms with Crippen LogP contribution in [0.15, 0.2) is 107 Å². The molecule has 4 nitrogen and oxygen atoms in total. The van der Waals surface area contributed by atoms with Gasteiger partial charge in [-0.15, -0.1) is 0 Å².